The van der Waals surface area contributed by atoms with Gasteiger partial charge in [0.1, 0.15) is 9.84 Å². The van der Waals surface area contributed by atoms with Gasteiger partial charge in [0.2, 0.25) is 0 Å². The first-order chi connectivity index (χ1) is 9.20. The van der Waals surface area contributed by atoms with Crippen LogP contribution in [0.5, 0.6) is 0 Å². The Labute approximate surface area is 126 Å². The first-order valence-corrected chi connectivity index (χ1v) is 8.90. The second-order valence-corrected chi connectivity index (χ2v) is 8.06. The summed E-state index contributed by atoms with van der Waals surface area (Å²) in [5.74, 6) is -1.13. The summed E-state index contributed by atoms with van der Waals surface area (Å²) < 4.78 is 23.0. The number of benzene rings is 1. The number of anilines is 1. The highest BCUT2D eigenvalue weighted by Gasteiger charge is 2.36. The molecule has 1 aromatic rings. The van der Waals surface area contributed by atoms with E-state index in [1.54, 1.807) is 6.07 Å². The van der Waals surface area contributed by atoms with Gasteiger partial charge in [0.25, 0.3) is 11.7 Å². The van der Waals surface area contributed by atoms with Crippen molar-refractivity contribution in [2.45, 2.75) is 13.3 Å². The minimum Gasteiger partial charge on any atom is -0.304 e. The Balaban J connectivity index is 2.29. The average molecular weight is 360 g/mol. The molecule has 2 rings (SSSR count). The van der Waals surface area contributed by atoms with Crippen LogP contribution in [0.15, 0.2) is 16.6 Å². The molecule has 0 saturated carbocycles. The number of halogens is 1. The number of carbonyl (C=O) groups is 2. The fraction of sp³-hybridized carbons (Fsp3) is 0.385. The van der Waals surface area contributed by atoms with Gasteiger partial charge in [-0.1, -0.05) is 15.9 Å². The molecule has 0 spiro atoms. The topological polar surface area (TPSA) is 71.5 Å². The van der Waals surface area contributed by atoms with Crippen molar-refractivity contribution < 1.29 is 18.0 Å². The molecule has 0 fully saturated rings. The Bertz CT molecular complexity index is 697. The third-order valence-corrected chi connectivity index (χ3v) is 4.60. The number of Topliss-reactive ketones (excluding diaryl/α,β-unsaturated/α-hetero) is 1. The zero-order chi connectivity index (χ0) is 15.1. The summed E-state index contributed by atoms with van der Waals surface area (Å²) in [4.78, 5) is 25.3. The van der Waals surface area contributed by atoms with Crippen LogP contribution in [0.1, 0.15) is 22.3 Å². The predicted molar refractivity (Wildman–Crippen MR) is 79.9 cm³/mol. The van der Waals surface area contributed by atoms with Crippen molar-refractivity contribution in [3.8, 4) is 0 Å². The first-order valence-electron chi connectivity index (χ1n) is 6.05. The second-order valence-electron chi connectivity index (χ2n) is 4.89. The first kappa shape index (κ1) is 15.2. The minimum absolute atomic E-state index is 0.00409. The summed E-state index contributed by atoms with van der Waals surface area (Å²) >= 11 is 3.30. The van der Waals surface area contributed by atoms with Gasteiger partial charge in [0, 0.05) is 17.3 Å². The van der Waals surface area contributed by atoms with E-state index in [9.17, 15) is 18.0 Å². The van der Waals surface area contributed by atoms with Crippen LogP contribution < -0.4 is 4.90 Å². The highest BCUT2D eigenvalue weighted by atomic mass is 79.9. The van der Waals surface area contributed by atoms with Crippen LogP contribution in [0.3, 0.4) is 0 Å². The maximum absolute atomic E-state index is 12.0. The molecule has 1 aliphatic heterocycles. The molecule has 7 heteroatoms. The molecule has 1 amide bonds. The van der Waals surface area contributed by atoms with Crippen LogP contribution in [0.4, 0.5) is 5.69 Å². The Morgan fingerprint density at radius 3 is 2.50 bits per heavy atom. The number of rotatable bonds is 4. The molecule has 0 radical (unpaired) electrons. The lowest BCUT2D eigenvalue weighted by atomic mass is 10.1. The number of amides is 1. The molecule has 0 unspecified atom stereocenters. The number of sulfone groups is 1. The molecule has 0 bridgehead atoms. The lowest BCUT2D eigenvalue weighted by molar-refractivity contribution is -0.114. The van der Waals surface area contributed by atoms with E-state index in [1.165, 1.54) is 4.90 Å². The van der Waals surface area contributed by atoms with Gasteiger partial charge >= 0.3 is 0 Å². The van der Waals surface area contributed by atoms with Gasteiger partial charge in [-0.3, -0.25) is 9.59 Å². The van der Waals surface area contributed by atoms with Crippen LogP contribution in [0, 0.1) is 6.92 Å². The van der Waals surface area contributed by atoms with E-state index in [4.69, 9.17) is 0 Å². The monoisotopic (exact) mass is 359 g/mol. The number of fused-ring (bicyclic) bond motifs is 1. The summed E-state index contributed by atoms with van der Waals surface area (Å²) in [5.41, 5.74) is 1.78. The minimum atomic E-state index is -3.07. The molecule has 1 aromatic carbocycles. The number of carbonyl (C=O) groups excluding carboxylic acids is 2. The van der Waals surface area contributed by atoms with Crippen molar-refractivity contribution in [2.24, 2.45) is 0 Å². The molecule has 0 aliphatic carbocycles. The van der Waals surface area contributed by atoms with Crippen LogP contribution in [-0.2, 0) is 14.6 Å². The van der Waals surface area contributed by atoms with Crippen LogP contribution >= 0.6 is 15.9 Å². The number of hydrogen-bond donors (Lipinski definition) is 0. The Kier molecular flexibility index (Phi) is 4.02. The summed E-state index contributed by atoms with van der Waals surface area (Å²) in [7, 11) is -3.07. The Hall–Kier alpha value is -1.21. The van der Waals surface area contributed by atoms with E-state index in [-0.39, 0.29) is 12.3 Å². The van der Waals surface area contributed by atoms with E-state index in [0.29, 0.717) is 17.7 Å². The van der Waals surface area contributed by atoms with Crippen molar-refractivity contribution >= 4 is 43.1 Å². The fourth-order valence-corrected chi connectivity index (χ4v) is 3.53. The van der Waals surface area contributed by atoms with E-state index < -0.39 is 21.5 Å². The van der Waals surface area contributed by atoms with E-state index in [1.807, 2.05) is 13.0 Å². The maximum Gasteiger partial charge on any atom is 0.299 e. The molecule has 0 aromatic heterocycles. The molecule has 1 aliphatic rings. The molecule has 0 atom stereocenters. The summed E-state index contributed by atoms with van der Waals surface area (Å²) in [6.07, 6.45) is 1.47. The van der Waals surface area contributed by atoms with Crippen molar-refractivity contribution in [2.75, 3.05) is 23.5 Å². The van der Waals surface area contributed by atoms with Crippen molar-refractivity contribution in [3.05, 3.63) is 27.7 Å². The van der Waals surface area contributed by atoms with Crippen molar-refractivity contribution in [1.82, 2.24) is 0 Å². The van der Waals surface area contributed by atoms with Gasteiger partial charge in [-0.2, -0.15) is 0 Å². The van der Waals surface area contributed by atoms with Gasteiger partial charge < -0.3 is 4.90 Å². The molecule has 0 saturated heterocycles. The summed E-state index contributed by atoms with van der Waals surface area (Å²) in [6, 6.07) is 3.45. The maximum atomic E-state index is 12.0. The summed E-state index contributed by atoms with van der Waals surface area (Å²) in [6.45, 7) is 2.05. The normalized spacial score (nSPS) is 14.8. The number of aryl methyl sites for hydroxylation is 1. The fourth-order valence-electron chi connectivity index (χ4n) is 2.30. The van der Waals surface area contributed by atoms with Crippen LogP contribution in [0.25, 0.3) is 0 Å². The molecular formula is C13H14BrNO4S. The largest absolute Gasteiger partial charge is 0.304 e. The smallest absolute Gasteiger partial charge is 0.299 e. The Morgan fingerprint density at radius 1 is 1.25 bits per heavy atom. The second kappa shape index (κ2) is 5.29. The predicted octanol–water partition coefficient (Wildman–Crippen LogP) is 1.72. The van der Waals surface area contributed by atoms with Crippen molar-refractivity contribution in [3.63, 3.8) is 0 Å². The number of ketones is 1. The molecule has 108 valence electrons. The van der Waals surface area contributed by atoms with Gasteiger partial charge in [-0.25, -0.2) is 8.42 Å². The van der Waals surface area contributed by atoms with Crippen LogP contribution in [-0.4, -0.2) is 38.7 Å². The van der Waals surface area contributed by atoms with E-state index >= 15 is 0 Å². The quantitative estimate of drug-likeness (QED) is 0.767. The zero-order valence-electron chi connectivity index (χ0n) is 11.1. The third kappa shape index (κ3) is 2.93. The van der Waals surface area contributed by atoms with Gasteiger partial charge in [-0.05, 0) is 31.0 Å². The average Bonchev–Trinajstić information content (AvgIpc) is 2.53. The van der Waals surface area contributed by atoms with Gasteiger partial charge in [-0.15, -0.1) is 0 Å². The highest BCUT2D eigenvalue weighted by molar-refractivity contribution is 9.10. The van der Waals surface area contributed by atoms with Gasteiger partial charge in [0.15, 0.2) is 0 Å². The lowest BCUT2D eigenvalue weighted by Gasteiger charge is -2.18. The lowest BCUT2D eigenvalue weighted by Crippen LogP contribution is -2.31. The molecule has 20 heavy (non-hydrogen) atoms. The molecular weight excluding hydrogens is 346 g/mol. The highest BCUT2D eigenvalue weighted by Crippen LogP contribution is 2.34. The Morgan fingerprint density at radius 2 is 1.90 bits per heavy atom. The van der Waals surface area contributed by atoms with Crippen LogP contribution in [0.2, 0.25) is 0 Å². The standard InChI is InChI=1S/C13H14BrNO4S/c1-8-6-9(14)7-10-11(8)15(13(17)12(10)16)4-3-5-20(2,18)19/h6-7H,3-5H2,1-2H3. The van der Waals surface area contributed by atoms with Crippen molar-refractivity contribution in [1.29, 1.82) is 0 Å². The molecule has 0 N–H and O–H groups in total. The van der Waals surface area contributed by atoms with E-state index in [0.717, 1.165) is 16.3 Å². The number of hydrogen-bond acceptors (Lipinski definition) is 4. The third-order valence-electron chi connectivity index (χ3n) is 3.12. The van der Waals surface area contributed by atoms with E-state index in [2.05, 4.69) is 15.9 Å². The summed E-state index contributed by atoms with van der Waals surface area (Å²) in [5, 5.41) is 0. The number of nitrogens with zero attached hydrogens (tertiary/aromatic N) is 1. The molecule has 5 nitrogen and oxygen atoms in total. The zero-order valence-corrected chi connectivity index (χ0v) is 13.5. The molecule has 1 heterocycles. The SMILES string of the molecule is Cc1cc(Br)cc2c1N(CCCS(C)(=O)=O)C(=O)C2=O. The van der Waals surface area contributed by atoms with Gasteiger partial charge in [0.05, 0.1) is 17.0 Å².